The van der Waals surface area contributed by atoms with Crippen LogP contribution in [-0.4, -0.2) is 19.6 Å². The Labute approximate surface area is 117 Å². The van der Waals surface area contributed by atoms with E-state index in [0.29, 0.717) is 30.0 Å². The van der Waals surface area contributed by atoms with Gasteiger partial charge in [-0.05, 0) is 31.2 Å². The maximum absolute atomic E-state index is 11.9. The summed E-state index contributed by atoms with van der Waals surface area (Å²) in [4.78, 5) is 13.9. The van der Waals surface area contributed by atoms with Gasteiger partial charge in [0, 0.05) is 6.54 Å². The van der Waals surface area contributed by atoms with E-state index in [9.17, 15) is 4.79 Å². The number of nitrogens with zero attached hydrogens (tertiary/aromatic N) is 1. The summed E-state index contributed by atoms with van der Waals surface area (Å²) >= 11 is 0. The second-order valence-electron chi connectivity index (χ2n) is 4.33. The Morgan fingerprint density at radius 3 is 2.75 bits per heavy atom. The molecule has 0 radical (unpaired) electrons. The van der Waals surface area contributed by atoms with Crippen molar-refractivity contribution in [2.24, 2.45) is 0 Å². The smallest absolute Gasteiger partial charge is 0.340 e. The van der Waals surface area contributed by atoms with E-state index in [4.69, 9.17) is 14.9 Å². The lowest BCUT2D eigenvalue weighted by molar-refractivity contribution is 0.0601. The number of carbonyl (C=O) groups is 1. The maximum atomic E-state index is 11.9. The van der Waals surface area contributed by atoms with Gasteiger partial charge in [0.05, 0.1) is 36.9 Å². The largest absolute Gasteiger partial charge is 0.467 e. The van der Waals surface area contributed by atoms with E-state index in [0.717, 1.165) is 5.76 Å². The van der Waals surface area contributed by atoms with Crippen LogP contribution in [0.25, 0.3) is 0 Å². The molecular formula is C15H18N2O3. The number of anilines is 2. The lowest BCUT2D eigenvalue weighted by Gasteiger charge is -2.25. The number of benzene rings is 1. The Hall–Kier alpha value is -2.43. The van der Waals surface area contributed by atoms with Crippen LogP contribution >= 0.6 is 0 Å². The number of para-hydroxylation sites is 1. The molecule has 1 heterocycles. The molecule has 1 aromatic heterocycles. The average molecular weight is 274 g/mol. The van der Waals surface area contributed by atoms with Crippen LogP contribution in [0.5, 0.6) is 0 Å². The number of methoxy groups -OCH3 is 1. The van der Waals surface area contributed by atoms with Gasteiger partial charge in [-0.2, -0.15) is 0 Å². The molecule has 0 atom stereocenters. The molecule has 0 spiro atoms. The number of ether oxygens (including phenoxy) is 1. The summed E-state index contributed by atoms with van der Waals surface area (Å²) in [5, 5.41) is 0. The fraction of sp³-hybridized carbons (Fsp3) is 0.267. The second kappa shape index (κ2) is 6.14. The number of furan rings is 1. The van der Waals surface area contributed by atoms with Gasteiger partial charge in [0.25, 0.3) is 0 Å². The molecule has 5 nitrogen and oxygen atoms in total. The number of esters is 1. The van der Waals surface area contributed by atoms with Crippen molar-refractivity contribution < 1.29 is 13.9 Å². The molecule has 0 aliphatic carbocycles. The SMILES string of the molecule is CCN(Cc1ccco1)c1c(N)cccc1C(=O)OC. The molecule has 20 heavy (non-hydrogen) atoms. The normalized spacial score (nSPS) is 10.3. The van der Waals surface area contributed by atoms with Crippen molar-refractivity contribution in [1.29, 1.82) is 0 Å². The first-order chi connectivity index (χ1) is 9.67. The summed E-state index contributed by atoms with van der Waals surface area (Å²) in [6, 6.07) is 8.94. The second-order valence-corrected chi connectivity index (χ2v) is 4.33. The van der Waals surface area contributed by atoms with E-state index in [1.807, 2.05) is 24.0 Å². The van der Waals surface area contributed by atoms with Crippen LogP contribution in [0.3, 0.4) is 0 Å². The quantitative estimate of drug-likeness (QED) is 0.670. The lowest BCUT2D eigenvalue weighted by Crippen LogP contribution is -2.25. The van der Waals surface area contributed by atoms with Crippen LogP contribution in [-0.2, 0) is 11.3 Å². The Morgan fingerprint density at radius 1 is 1.35 bits per heavy atom. The van der Waals surface area contributed by atoms with Gasteiger partial charge in [0.1, 0.15) is 5.76 Å². The zero-order chi connectivity index (χ0) is 14.5. The number of hydrogen-bond donors (Lipinski definition) is 1. The van der Waals surface area contributed by atoms with Crippen molar-refractivity contribution >= 4 is 17.3 Å². The highest BCUT2D eigenvalue weighted by molar-refractivity contribution is 5.99. The van der Waals surface area contributed by atoms with Crippen LogP contribution in [0.4, 0.5) is 11.4 Å². The maximum Gasteiger partial charge on any atom is 0.340 e. The first-order valence-corrected chi connectivity index (χ1v) is 6.41. The minimum Gasteiger partial charge on any atom is -0.467 e. The van der Waals surface area contributed by atoms with Crippen molar-refractivity contribution in [3.05, 3.63) is 47.9 Å². The van der Waals surface area contributed by atoms with Crippen molar-refractivity contribution in [2.45, 2.75) is 13.5 Å². The predicted molar refractivity (Wildman–Crippen MR) is 77.6 cm³/mol. The zero-order valence-corrected chi connectivity index (χ0v) is 11.6. The van der Waals surface area contributed by atoms with Crippen LogP contribution in [0.2, 0.25) is 0 Å². The number of nitrogen functional groups attached to an aromatic ring is 1. The van der Waals surface area contributed by atoms with E-state index in [-0.39, 0.29) is 0 Å². The van der Waals surface area contributed by atoms with Gasteiger partial charge in [-0.1, -0.05) is 6.07 Å². The number of carbonyl (C=O) groups excluding carboxylic acids is 1. The van der Waals surface area contributed by atoms with Gasteiger partial charge in [-0.25, -0.2) is 4.79 Å². The van der Waals surface area contributed by atoms with Gasteiger partial charge in [-0.15, -0.1) is 0 Å². The van der Waals surface area contributed by atoms with Crippen LogP contribution in [0.15, 0.2) is 41.0 Å². The molecule has 0 saturated carbocycles. The minimum absolute atomic E-state index is 0.398. The summed E-state index contributed by atoms with van der Waals surface area (Å²) in [7, 11) is 1.36. The fourth-order valence-electron chi connectivity index (χ4n) is 2.13. The van der Waals surface area contributed by atoms with Crippen molar-refractivity contribution in [3.63, 3.8) is 0 Å². The summed E-state index contributed by atoms with van der Waals surface area (Å²) in [5.41, 5.74) is 7.72. The molecule has 0 unspecified atom stereocenters. The van der Waals surface area contributed by atoms with E-state index < -0.39 is 5.97 Å². The van der Waals surface area contributed by atoms with Crippen molar-refractivity contribution in [3.8, 4) is 0 Å². The molecule has 0 bridgehead atoms. The Bertz CT molecular complexity index is 579. The summed E-state index contributed by atoms with van der Waals surface area (Å²) < 4.78 is 10.2. The highest BCUT2D eigenvalue weighted by Gasteiger charge is 2.19. The van der Waals surface area contributed by atoms with E-state index in [2.05, 4.69) is 0 Å². The zero-order valence-electron chi connectivity index (χ0n) is 11.6. The predicted octanol–water partition coefficient (Wildman–Crippen LogP) is 2.67. The highest BCUT2D eigenvalue weighted by atomic mass is 16.5. The van der Waals surface area contributed by atoms with E-state index in [1.165, 1.54) is 7.11 Å². The first-order valence-electron chi connectivity index (χ1n) is 6.41. The average Bonchev–Trinajstić information content (AvgIpc) is 2.97. The third kappa shape index (κ3) is 2.77. The molecule has 2 rings (SSSR count). The van der Waals surface area contributed by atoms with Crippen molar-refractivity contribution in [1.82, 2.24) is 0 Å². The number of rotatable bonds is 5. The summed E-state index contributed by atoms with van der Waals surface area (Å²) in [6.45, 7) is 3.23. The third-order valence-corrected chi connectivity index (χ3v) is 3.10. The Kier molecular flexibility index (Phi) is 4.30. The molecule has 0 saturated heterocycles. The molecule has 2 aromatic rings. The molecule has 5 heteroatoms. The van der Waals surface area contributed by atoms with Gasteiger partial charge < -0.3 is 19.8 Å². The van der Waals surface area contributed by atoms with E-state index in [1.54, 1.807) is 24.5 Å². The van der Waals surface area contributed by atoms with Crippen LogP contribution in [0.1, 0.15) is 23.0 Å². The molecule has 1 aromatic carbocycles. The van der Waals surface area contributed by atoms with Gasteiger partial charge in [-0.3, -0.25) is 0 Å². The lowest BCUT2D eigenvalue weighted by atomic mass is 10.1. The summed E-state index contributed by atoms with van der Waals surface area (Å²) in [6.07, 6.45) is 1.62. The monoisotopic (exact) mass is 274 g/mol. The standard InChI is InChI=1S/C15H18N2O3/c1-3-17(10-11-6-5-9-20-11)14-12(15(18)19-2)7-4-8-13(14)16/h4-9H,3,10,16H2,1-2H3. The van der Waals surface area contributed by atoms with Crippen LogP contribution < -0.4 is 10.6 Å². The highest BCUT2D eigenvalue weighted by Crippen LogP contribution is 2.29. The molecule has 2 N–H and O–H groups in total. The molecule has 106 valence electrons. The fourth-order valence-corrected chi connectivity index (χ4v) is 2.13. The molecule has 0 amide bonds. The minimum atomic E-state index is -0.398. The Morgan fingerprint density at radius 2 is 2.15 bits per heavy atom. The topological polar surface area (TPSA) is 68.7 Å². The molecular weight excluding hydrogens is 256 g/mol. The van der Waals surface area contributed by atoms with Crippen molar-refractivity contribution in [2.75, 3.05) is 24.3 Å². The van der Waals surface area contributed by atoms with Gasteiger partial charge in [0.2, 0.25) is 0 Å². The molecule has 0 aliphatic rings. The third-order valence-electron chi connectivity index (χ3n) is 3.10. The number of nitrogens with two attached hydrogens (primary N) is 1. The van der Waals surface area contributed by atoms with E-state index >= 15 is 0 Å². The molecule has 0 fully saturated rings. The molecule has 0 aliphatic heterocycles. The number of hydrogen-bond acceptors (Lipinski definition) is 5. The van der Waals surface area contributed by atoms with Gasteiger partial charge in [0.15, 0.2) is 0 Å². The summed E-state index contributed by atoms with van der Waals surface area (Å²) in [5.74, 6) is 0.413. The van der Waals surface area contributed by atoms with Crippen LogP contribution in [0, 0.1) is 0 Å². The van der Waals surface area contributed by atoms with Gasteiger partial charge >= 0.3 is 5.97 Å². The Balaban J connectivity index is 2.40. The first kappa shape index (κ1) is 14.0.